The van der Waals surface area contributed by atoms with Gasteiger partial charge in [-0.2, -0.15) is 0 Å². The van der Waals surface area contributed by atoms with Crippen LogP contribution in [-0.2, 0) is 4.74 Å². The molecule has 0 aromatic heterocycles. The maximum absolute atomic E-state index is 10.1. The molecule has 11 heavy (non-hydrogen) atoms. The second-order valence-electron chi connectivity index (χ2n) is 2.27. The number of carbonyl (C=O) groups excluding carboxylic acids is 1. The molecular weight excluding hydrogens is 144 g/mol. The topological polar surface area (TPSA) is 64.3 Å². The Morgan fingerprint density at radius 2 is 2.27 bits per heavy atom. The Balaban J connectivity index is 2.85. The molecule has 0 unspecified atom stereocenters. The molecule has 0 spiro atoms. The lowest BCUT2D eigenvalue weighted by Crippen LogP contribution is -2.20. The number of rotatable bonds is 6. The average molecular weight is 160 g/mol. The van der Waals surface area contributed by atoms with E-state index in [0.29, 0.717) is 6.61 Å². The maximum atomic E-state index is 10.1. The monoisotopic (exact) mass is 160 g/mol. The van der Waals surface area contributed by atoms with E-state index in [4.69, 9.17) is 5.73 Å². The van der Waals surface area contributed by atoms with E-state index in [9.17, 15) is 4.79 Å². The highest BCUT2D eigenvalue weighted by atomic mass is 16.5. The van der Waals surface area contributed by atoms with Gasteiger partial charge in [0.25, 0.3) is 0 Å². The van der Waals surface area contributed by atoms with Gasteiger partial charge in [0.05, 0.1) is 6.61 Å². The third kappa shape index (κ3) is 9.23. The summed E-state index contributed by atoms with van der Waals surface area (Å²) in [7, 11) is 0. The quantitative estimate of drug-likeness (QED) is 0.555. The van der Waals surface area contributed by atoms with Crippen molar-refractivity contribution in [1.29, 1.82) is 0 Å². The Hall–Kier alpha value is -0.770. The number of hydrogen-bond acceptors (Lipinski definition) is 3. The van der Waals surface area contributed by atoms with Gasteiger partial charge in [0.15, 0.2) is 0 Å². The van der Waals surface area contributed by atoms with Crippen LogP contribution in [0.2, 0.25) is 0 Å². The fourth-order valence-electron chi connectivity index (χ4n) is 0.672. The molecule has 0 aromatic carbocycles. The fourth-order valence-corrected chi connectivity index (χ4v) is 0.672. The SMILES string of the molecule is CCCNCCCOC(N)=O. The standard InChI is InChI=1S/C7H16N2O2/c1-2-4-9-5-3-6-11-7(8)10/h9H,2-6H2,1H3,(H2,8,10). The van der Waals surface area contributed by atoms with Gasteiger partial charge in [0.2, 0.25) is 0 Å². The molecule has 0 saturated carbocycles. The first-order chi connectivity index (χ1) is 5.27. The summed E-state index contributed by atoms with van der Waals surface area (Å²) >= 11 is 0. The lowest BCUT2D eigenvalue weighted by molar-refractivity contribution is 0.155. The van der Waals surface area contributed by atoms with Crippen LogP contribution >= 0.6 is 0 Å². The van der Waals surface area contributed by atoms with Gasteiger partial charge in [0, 0.05) is 0 Å². The summed E-state index contributed by atoms with van der Waals surface area (Å²) in [6.07, 6.45) is 1.25. The molecule has 0 atom stereocenters. The zero-order valence-electron chi connectivity index (χ0n) is 6.93. The van der Waals surface area contributed by atoms with E-state index in [0.717, 1.165) is 25.9 Å². The lowest BCUT2D eigenvalue weighted by Gasteiger charge is -2.02. The Kier molecular flexibility index (Phi) is 6.82. The Bertz CT molecular complexity index is 107. The Labute approximate surface area is 67.1 Å². The summed E-state index contributed by atoms with van der Waals surface area (Å²) in [5.74, 6) is 0. The number of primary amides is 1. The predicted octanol–water partition coefficient (Wildman–Crippen LogP) is 0.471. The van der Waals surface area contributed by atoms with Gasteiger partial charge in [-0.05, 0) is 25.9 Å². The van der Waals surface area contributed by atoms with Gasteiger partial charge in [-0.15, -0.1) is 0 Å². The van der Waals surface area contributed by atoms with E-state index < -0.39 is 6.09 Å². The second kappa shape index (κ2) is 7.34. The van der Waals surface area contributed by atoms with Gasteiger partial charge in [0.1, 0.15) is 0 Å². The molecule has 4 heteroatoms. The van der Waals surface area contributed by atoms with E-state index in [-0.39, 0.29) is 0 Å². The fraction of sp³-hybridized carbons (Fsp3) is 0.857. The predicted molar refractivity (Wildman–Crippen MR) is 43.3 cm³/mol. The minimum absolute atomic E-state index is 0.409. The van der Waals surface area contributed by atoms with Crippen molar-refractivity contribution >= 4 is 6.09 Å². The lowest BCUT2D eigenvalue weighted by atomic mass is 10.4. The normalized spacial score (nSPS) is 9.55. The second-order valence-corrected chi connectivity index (χ2v) is 2.27. The summed E-state index contributed by atoms with van der Waals surface area (Å²) in [5, 5.41) is 3.18. The van der Waals surface area contributed by atoms with Gasteiger partial charge in [-0.1, -0.05) is 6.92 Å². The highest BCUT2D eigenvalue weighted by molar-refractivity contribution is 5.64. The third-order valence-electron chi connectivity index (χ3n) is 1.17. The largest absolute Gasteiger partial charge is 0.450 e. The summed E-state index contributed by atoms with van der Waals surface area (Å²) in [4.78, 5) is 10.1. The third-order valence-corrected chi connectivity index (χ3v) is 1.17. The Morgan fingerprint density at radius 3 is 2.82 bits per heavy atom. The van der Waals surface area contributed by atoms with Crippen LogP contribution < -0.4 is 11.1 Å². The molecule has 4 nitrogen and oxygen atoms in total. The first-order valence-electron chi connectivity index (χ1n) is 3.90. The van der Waals surface area contributed by atoms with Crippen LogP contribution in [0.3, 0.4) is 0 Å². The van der Waals surface area contributed by atoms with Crippen molar-refractivity contribution in [2.45, 2.75) is 19.8 Å². The molecule has 0 aliphatic rings. The molecule has 0 saturated heterocycles. The van der Waals surface area contributed by atoms with E-state index in [1.54, 1.807) is 0 Å². The van der Waals surface area contributed by atoms with Crippen molar-refractivity contribution in [3.63, 3.8) is 0 Å². The molecule has 0 aliphatic heterocycles. The smallest absolute Gasteiger partial charge is 0.404 e. The molecule has 0 aromatic rings. The number of nitrogens with one attached hydrogen (secondary N) is 1. The van der Waals surface area contributed by atoms with Crippen LogP contribution in [-0.4, -0.2) is 25.8 Å². The van der Waals surface area contributed by atoms with Crippen LogP contribution in [0.15, 0.2) is 0 Å². The molecule has 0 aliphatic carbocycles. The minimum atomic E-state index is -0.694. The zero-order chi connectivity index (χ0) is 8.53. The van der Waals surface area contributed by atoms with Crippen molar-refractivity contribution in [2.24, 2.45) is 5.73 Å². The van der Waals surface area contributed by atoms with E-state index in [2.05, 4.69) is 17.0 Å². The molecule has 1 amide bonds. The Morgan fingerprint density at radius 1 is 1.55 bits per heavy atom. The molecular formula is C7H16N2O2. The van der Waals surface area contributed by atoms with Gasteiger partial charge in [-0.3, -0.25) is 0 Å². The van der Waals surface area contributed by atoms with Crippen molar-refractivity contribution in [3.05, 3.63) is 0 Å². The van der Waals surface area contributed by atoms with E-state index in [1.165, 1.54) is 0 Å². The van der Waals surface area contributed by atoms with Crippen molar-refractivity contribution in [2.75, 3.05) is 19.7 Å². The van der Waals surface area contributed by atoms with Crippen molar-refractivity contribution < 1.29 is 9.53 Å². The van der Waals surface area contributed by atoms with E-state index >= 15 is 0 Å². The van der Waals surface area contributed by atoms with Crippen molar-refractivity contribution in [3.8, 4) is 0 Å². The number of ether oxygens (including phenoxy) is 1. The summed E-state index contributed by atoms with van der Waals surface area (Å²) in [6.45, 7) is 4.40. The number of hydrogen-bond donors (Lipinski definition) is 2. The summed E-state index contributed by atoms with van der Waals surface area (Å²) in [6, 6.07) is 0. The first-order valence-corrected chi connectivity index (χ1v) is 3.90. The van der Waals surface area contributed by atoms with Gasteiger partial charge in [-0.25, -0.2) is 4.79 Å². The molecule has 0 radical (unpaired) electrons. The van der Waals surface area contributed by atoms with Crippen LogP contribution in [0, 0.1) is 0 Å². The van der Waals surface area contributed by atoms with Crippen LogP contribution in [0.5, 0.6) is 0 Å². The van der Waals surface area contributed by atoms with E-state index in [1.807, 2.05) is 0 Å². The highest BCUT2D eigenvalue weighted by Gasteiger charge is 1.91. The molecule has 3 N–H and O–H groups in total. The number of carbonyl (C=O) groups is 1. The van der Waals surface area contributed by atoms with Crippen LogP contribution in [0.1, 0.15) is 19.8 Å². The summed E-state index contributed by atoms with van der Waals surface area (Å²) in [5.41, 5.74) is 4.75. The van der Waals surface area contributed by atoms with Crippen LogP contribution in [0.25, 0.3) is 0 Å². The maximum Gasteiger partial charge on any atom is 0.404 e. The average Bonchev–Trinajstić information content (AvgIpc) is 1.96. The zero-order valence-corrected chi connectivity index (χ0v) is 6.93. The molecule has 0 heterocycles. The molecule has 0 bridgehead atoms. The highest BCUT2D eigenvalue weighted by Crippen LogP contribution is 1.80. The van der Waals surface area contributed by atoms with Crippen LogP contribution in [0.4, 0.5) is 4.79 Å². The molecule has 0 rings (SSSR count). The van der Waals surface area contributed by atoms with Gasteiger partial charge < -0.3 is 15.8 Å². The summed E-state index contributed by atoms with van der Waals surface area (Å²) < 4.78 is 4.52. The molecule has 0 fully saturated rings. The number of amides is 1. The number of nitrogens with two attached hydrogens (primary N) is 1. The minimum Gasteiger partial charge on any atom is -0.450 e. The molecule has 66 valence electrons. The van der Waals surface area contributed by atoms with Crippen molar-refractivity contribution in [1.82, 2.24) is 5.32 Å². The van der Waals surface area contributed by atoms with Gasteiger partial charge >= 0.3 is 6.09 Å². The first kappa shape index (κ1) is 10.2.